The lowest BCUT2D eigenvalue weighted by molar-refractivity contribution is -0.118. The van der Waals surface area contributed by atoms with Crippen molar-refractivity contribution >= 4 is 11.8 Å². The fraction of sp³-hybridized carbons (Fsp3) is 0.273. The summed E-state index contributed by atoms with van der Waals surface area (Å²) in [7, 11) is 0. The highest BCUT2D eigenvalue weighted by atomic mass is 16.2. The molecule has 1 aliphatic rings. The van der Waals surface area contributed by atoms with Crippen molar-refractivity contribution in [3.8, 4) is 0 Å². The number of benzene rings is 2. The zero-order chi connectivity index (χ0) is 18.2. The molecule has 4 heteroatoms. The fourth-order valence-electron chi connectivity index (χ4n) is 3.18. The van der Waals surface area contributed by atoms with Crippen molar-refractivity contribution in [2.45, 2.75) is 38.6 Å². The van der Waals surface area contributed by atoms with Gasteiger partial charge in [-0.1, -0.05) is 55.0 Å². The number of carbonyl (C=O) groups is 2. The van der Waals surface area contributed by atoms with Gasteiger partial charge in [0, 0.05) is 12.1 Å². The Hall–Kier alpha value is -2.88. The van der Waals surface area contributed by atoms with E-state index >= 15 is 0 Å². The molecule has 3 rings (SSSR count). The monoisotopic (exact) mass is 348 g/mol. The lowest BCUT2D eigenvalue weighted by Gasteiger charge is -2.20. The van der Waals surface area contributed by atoms with E-state index in [-0.39, 0.29) is 11.8 Å². The van der Waals surface area contributed by atoms with Crippen LogP contribution in [0.1, 0.15) is 48.0 Å². The quantitative estimate of drug-likeness (QED) is 0.804. The van der Waals surface area contributed by atoms with E-state index in [1.165, 1.54) is 6.42 Å². The highest BCUT2D eigenvalue weighted by Crippen LogP contribution is 2.25. The summed E-state index contributed by atoms with van der Waals surface area (Å²) < 4.78 is 0. The minimum absolute atomic E-state index is 0.213. The third kappa shape index (κ3) is 4.82. The Labute approximate surface area is 154 Å². The Kier molecular flexibility index (Phi) is 6.20. The molecule has 2 aromatic carbocycles. The average molecular weight is 348 g/mol. The molecule has 2 amide bonds. The molecule has 0 bridgehead atoms. The van der Waals surface area contributed by atoms with Gasteiger partial charge in [-0.3, -0.25) is 9.59 Å². The second-order valence-corrected chi connectivity index (χ2v) is 6.53. The zero-order valence-corrected chi connectivity index (χ0v) is 14.8. The smallest absolute Gasteiger partial charge is 0.268 e. The molecular formula is C22H24N2O2. The van der Waals surface area contributed by atoms with E-state index in [4.69, 9.17) is 0 Å². The second kappa shape index (κ2) is 8.99. The van der Waals surface area contributed by atoms with Crippen LogP contribution in [-0.2, 0) is 11.3 Å². The maximum Gasteiger partial charge on any atom is 0.268 e. The third-order valence-corrected chi connectivity index (χ3v) is 4.61. The molecule has 26 heavy (non-hydrogen) atoms. The SMILES string of the molecule is O=C(NCc1ccccc1)C(NC(=O)c1ccccc1)=C1CCCCC1. The first kappa shape index (κ1) is 17.9. The maximum atomic E-state index is 12.8. The number of hydrogen-bond acceptors (Lipinski definition) is 2. The van der Waals surface area contributed by atoms with Crippen LogP contribution in [0.2, 0.25) is 0 Å². The molecule has 0 atom stereocenters. The summed E-state index contributed by atoms with van der Waals surface area (Å²) >= 11 is 0. The van der Waals surface area contributed by atoms with Crippen LogP contribution in [0.5, 0.6) is 0 Å². The largest absolute Gasteiger partial charge is 0.347 e. The minimum Gasteiger partial charge on any atom is -0.347 e. The zero-order valence-electron chi connectivity index (χ0n) is 14.8. The van der Waals surface area contributed by atoms with Crippen molar-refractivity contribution in [3.63, 3.8) is 0 Å². The van der Waals surface area contributed by atoms with Crippen molar-refractivity contribution in [2.24, 2.45) is 0 Å². The van der Waals surface area contributed by atoms with Crippen LogP contribution in [0.3, 0.4) is 0 Å². The van der Waals surface area contributed by atoms with E-state index in [2.05, 4.69) is 10.6 Å². The van der Waals surface area contributed by atoms with Gasteiger partial charge in [-0.05, 0) is 49.0 Å². The standard InChI is InChI=1S/C22H24N2O2/c25-21(19-14-8-3-9-15-19)24-20(18-12-6-2-7-13-18)22(26)23-16-17-10-4-1-5-11-17/h1,3-5,8-11,14-15H,2,6-7,12-13,16H2,(H,23,26)(H,24,25). The molecule has 0 radical (unpaired) electrons. The predicted octanol–water partition coefficient (Wildman–Crippen LogP) is 3.95. The van der Waals surface area contributed by atoms with Crippen LogP contribution in [-0.4, -0.2) is 11.8 Å². The lowest BCUT2D eigenvalue weighted by Crippen LogP contribution is -2.36. The fourth-order valence-corrected chi connectivity index (χ4v) is 3.18. The molecule has 0 saturated heterocycles. The van der Waals surface area contributed by atoms with E-state index in [0.717, 1.165) is 36.8 Å². The van der Waals surface area contributed by atoms with Gasteiger partial charge in [0.25, 0.3) is 11.8 Å². The first-order valence-corrected chi connectivity index (χ1v) is 9.14. The van der Waals surface area contributed by atoms with E-state index in [1.54, 1.807) is 12.1 Å². The molecule has 0 aliphatic heterocycles. The van der Waals surface area contributed by atoms with Crippen LogP contribution in [0, 0.1) is 0 Å². The first-order chi connectivity index (χ1) is 12.7. The molecule has 4 nitrogen and oxygen atoms in total. The van der Waals surface area contributed by atoms with Crippen LogP contribution < -0.4 is 10.6 Å². The van der Waals surface area contributed by atoms with Crippen molar-refractivity contribution in [3.05, 3.63) is 83.1 Å². The summed E-state index contributed by atoms with van der Waals surface area (Å²) in [5.74, 6) is -0.455. The van der Waals surface area contributed by atoms with Gasteiger partial charge >= 0.3 is 0 Å². The molecule has 0 spiro atoms. The molecule has 1 saturated carbocycles. The minimum atomic E-state index is -0.242. The molecule has 0 heterocycles. The summed E-state index contributed by atoms with van der Waals surface area (Å²) in [4.78, 5) is 25.4. The van der Waals surface area contributed by atoms with Gasteiger partial charge in [0.15, 0.2) is 0 Å². The van der Waals surface area contributed by atoms with E-state index in [1.807, 2.05) is 48.5 Å². The van der Waals surface area contributed by atoms with Gasteiger partial charge in [-0.15, -0.1) is 0 Å². The molecule has 134 valence electrons. The highest BCUT2D eigenvalue weighted by molar-refractivity contribution is 6.03. The Morgan fingerprint density at radius 1 is 0.808 bits per heavy atom. The number of amides is 2. The third-order valence-electron chi connectivity index (χ3n) is 4.61. The Morgan fingerprint density at radius 2 is 1.42 bits per heavy atom. The van der Waals surface area contributed by atoms with Gasteiger partial charge in [0.05, 0.1) is 0 Å². The van der Waals surface area contributed by atoms with E-state index < -0.39 is 0 Å². The average Bonchev–Trinajstić information content (AvgIpc) is 2.72. The summed E-state index contributed by atoms with van der Waals surface area (Å²) in [6, 6.07) is 18.8. The van der Waals surface area contributed by atoms with Crippen molar-refractivity contribution in [1.29, 1.82) is 0 Å². The van der Waals surface area contributed by atoms with Crippen molar-refractivity contribution < 1.29 is 9.59 Å². The molecule has 2 aromatic rings. The number of hydrogen-bond donors (Lipinski definition) is 2. The highest BCUT2D eigenvalue weighted by Gasteiger charge is 2.20. The topological polar surface area (TPSA) is 58.2 Å². The number of carbonyl (C=O) groups excluding carboxylic acids is 2. The number of rotatable bonds is 5. The normalized spacial score (nSPS) is 13.8. The Balaban J connectivity index is 1.75. The lowest BCUT2D eigenvalue weighted by atomic mass is 9.93. The predicted molar refractivity (Wildman–Crippen MR) is 102 cm³/mol. The Bertz CT molecular complexity index is 774. The van der Waals surface area contributed by atoms with Crippen molar-refractivity contribution in [1.82, 2.24) is 10.6 Å². The second-order valence-electron chi connectivity index (χ2n) is 6.53. The van der Waals surface area contributed by atoms with Crippen LogP contribution >= 0.6 is 0 Å². The molecule has 2 N–H and O–H groups in total. The molecular weight excluding hydrogens is 324 g/mol. The summed E-state index contributed by atoms with van der Waals surface area (Å²) in [5, 5.41) is 5.81. The van der Waals surface area contributed by atoms with E-state index in [9.17, 15) is 9.59 Å². The Morgan fingerprint density at radius 3 is 2.08 bits per heavy atom. The van der Waals surface area contributed by atoms with Crippen LogP contribution in [0.25, 0.3) is 0 Å². The van der Waals surface area contributed by atoms with E-state index in [0.29, 0.717) is 17.8 Å². The van der Waals surface area contributed by atoms with Gasteiger partial charge in [-0.25, -0.2) is 0 Å². The van der Waals surface area contributed by atoms with Gasteiger partial charge in [0.1, 0.15) is 5.70 Å². The summed E-state index contributed by atoms with van der Waals surface area (Å²) in [6.07, 6.45) is 5.03. The number of nitrogens with one attached hydrogen (secondary N) is 2. The molecule has 0 unspecified atom stereocenters. The van der Waals surface area contributed by atoms with Gasteiger partial charge in [-0.2, -0.15) is 0 Å². The van der Waals surface area contributed by atoms with Crippen molar-refractivity contribution in [2.75, 3.05) is 0 Å². The van der Waals surface area contributed by atoms with Crippen LogP contribution in [0.4, 0.5) is 0 Å². The molecule has 1 aliphatic carbocycles. The maximum absolute atomic E-state index is 12.8. The van der Waals surface area contributed by atoms with Gasteiger partial charge < -0.3 is 10.6 Å². The molecule has 1 fully saturated rings. The summed E-state index contributed by atoms with van der Waals surface area (Å²) in [6.45, 7) is 0.442. The first-order valence-electron chi connectivity index (χ1n) is 9.14. The number of allylic oxidation sites excluding steroid dienone is 1. The van der Waals surface area contributed by atoms with Crippen LogP contribution in [0.15, 0.2) is 71.9 Å². The summed E-state index contributed by atoms with van der Waals surface area (Å²) in [5.41, 5.74) is 3.06. The molecule has 0 aromatic heterocycles. The van der Waals surface area contributed by atoms with Gasteiger partial charge in [0.2, 0.25) is 0 Å².